The van der Waals surface area contributed by atoms with Crippen molar-refractivity contribution in [2.45, 2.75) is 6.92 Å². The quantitative estimate of drug-likeness (QED) is 0.427. The van der Waals surface area contributed by atoms with E-state index in [1.54, 1.807) is 25.3 Å². The van der Waals surface area contributed by atoms with E-state index in [0.29, 0.717) is 17.0 Å². The topological polar surface area (TPSA) is 46.6 Å². The van der Waals surface area contributed by atoms with Crippen molar-refractivity contribution in [2.24, 2.45) is 0 Å². The Balaban J connectivity index is 2.96. The van der Waals surface area contributed by atoms with Crippen molar-refractivity contribution in [3.8, 4) is 0 Å². The molecular formula is C20H21NO3. The van der Waals surface area contributed by atoms with Gasteiger partial charge in [0.1, 0.15) is 5.76 Å². The first kappa shape index (κ1) is 18.9. The molecule has 0 spiro atoms. The Morgan fingerprint density at radius 3 is 2.54 bits per heavy atom. The van der Waals surface area contributed by atoms with Crippen LogP contribution < -0.4 is 0 Å². The van der Waals surface area contributed by atoms with E-state index in [9.17, 15) is 9.59 Å². The Morgan fingerprint density at radius 2 is 1.96 bits per heavy atom. The second kappa shape index (κ2) is 8.51. The van der Waals surface area contributed by atoms with Crippen molar-refractivity contribution in [3.63, 3.8) is 0 Å². The summed E-state index contributed by atoms with van der Waals surface area (Å²) in [6.45, 7) is 13.1. The second-order valence-corrected chi connectivity index (χ2v) is 5.08. The van der Waals surface area contributed by atoms with Crippen LogP contribution in [-0.2, 0) is 14.3 Å². The number of ether oxygens (including phenoxy) is 1. The van der Waals surface area contributed by atoms with Gasteiger partial charge in [-0.2, -0.15) is 0 Å². The lowest BCUT2D eigenvalue weighted by molar-refractivity contribution is -0.123. The fourth-order valence-corrected chi connectivity index (χ4v) is 1.91. The van der Waals surface area contributed by atoms with Crippen LogP contribution in [0.15, 0.2) is 90.1 Å². The van der Waals surface area contributed by atoms with E-state index >= 15 is 0 Å². The van der Waals surface area contributed by atoms with E-state index in [0.717, 1.165) is 11.1 Å². The van der Waals surface area contributed by atoms with Gasteiger partial charge in [0.25, 0.3) is 5.91 Å². The van der Waals surface area contributed by atoms with Crippen LogP contribution in [0, 0.1) is 0 Å². The minimum Gasteiger partial charge on any atom is -0.496 e. The van der Waals surface area contributed by atoms with Crippen LogP contribution in [0.25, 0.3) is 0 Å². The predicted molar refractivity (Wildman–Crippen MR) is 95.8 cm³/mol. The van der Waals surface area contributed by atoms with E-state index < -0.39 is 0 Å². The number of rotatable bonds is 6. The fourth-order valence-electron chi connectivity index (χ4n) is 1.91. The molecular weight excluding hydrogens is 302 g/mol. The molecule has 4 heteroatoms. The summed E-state index contributed by atoms with van der Waals surface area (Å²) in [4.78, 5) is 24.5. The summed E-state index contributed by atoms with van der Waals surface area (Å²) in [5, 5.41) is 0. The van der Waals surface area contributed by atoms with Gasteiger partial charge in [0.15, 0.2) is 5.78 Å². The molecule has 1 aliphatic carbocycles. The predicted octanol–water partition coefficient (Wildman–Crippen LogP) is 3.40. The molecule has 0 bridgehead atoms. The molecule has 0 atom stereocenters. The number of likely N-dealkylation sites (N-methyl/N-ethyl adjacent to an activating group) is 1. The Bertz CT molecular complexity index is 754. The van der Waals surface area contributed by atoms with Crippen molar-refractivity contribution in [2.75, 3.05) is 14.2 Å². The Labute approximate surface area is 142 Å². The van der Waals surface area contributed by atoms with Gasteiger partial charge in [0.2, 0.25) is 0 Å². The second-order valence-electron chi connectivity index (χ2n) is 5.08. The van der Waals surface area contributed by atoms with E-state index in [-0.39, 0.29) is 11.7 Å². The molecule has 1 amide bonds. The molecule has 0 aromatic carbocycles. The maximum absolute atomic E-state index is 11.7. The zero-order valence-electron chi connectivity index (χ0n) is 14.3. The minimum absolute atomic E-state index is 0.117. The highest BCUT2D eigenvalue weighted by Crippen LogP contribution is 2.25. The number of allylic oxidation sites excluding steroid dienone is 7. The normalized spacial score (nSPS) is 15.5. The van der Waals surface area contributed by atoms with Crippen LogP contribution in [0.4, 0.5) is 0 Å². The van der Waals surface area contributed by atoms with Gasteiger partial charge in [-0.3, -0.25) is 9.59 Å². The molecule has 0 radical (unpaired) electrons. The van der Waals surface area contributed by atoms with Gasteiger partial charge < -0.3 is 9.64 Å². The molecule has 4 nitrogen and oxygen atoms in total. The lowest BCUT2D eigenvalue weighted by Gasteiger charge is -2.16. The number of methoxy groups -OCH3 is 1. The first-order valence-corrected chi connectivity index (χ1v) is 7.20. The minimum atomic E-state index is -0.265. The lowest BCUT2D eigenvalue weighted by atomic mass is 9.96. The van der Waals surface area contributed by atoms with Crippen molar-refractivity contribution in [1.29, 1.82) is 0 Å². The summed E-state index contributed by atoms with van der Waals surface area (Å²) in [6, 6.07) is 0. The van der Waals surface area contributed by atoms with Crippen LogP contribution in [0.2, 0.25) is 0 Å². The van der Waals surface area contributed by atoms with Crippen molar-refractivity contribution >= 4 is 11.7 Å². The molecule has 0 unspecified atom stereocenters. The molecule has 124 valence electrons. The smallest absolute Gasteiger partial charge is 0.258 e. The molecule has 0 aromatic rings. The van der Waals surface area contributed by atoms with Crippen LogP contribution in [0.1, 0.15) is 6.92 Å². The summed E-state index contributed by atoms with van der Waals surface area (Å²) >= 11 is 0. The maximum atomic E-state index is 11.7. The molecule has 24 heavy (non-hydrogen) atoms. The van der Waals surface area contributed by atoms with E-state index in [2.05, 4.69) is 25.5 Å². The monoisotopic (exact) mass is 323 g/mol. The number of ketones is 1. The third kappa shape index (κ3) is 4.70. The molecule has 1 aliphatic rings. The van der Waals surface area contributed by atoms with Crippen LogP contribution in [0.3, 0.4) is 0 Å². The van der Waals surface area contributed by atoms with Gasteiger partial charge in [-0.25, -0.2) is 0 Å². The highest BCUT2D eigenvalue weighted by atomic mass is 16.5. The Morgan fingerprint density at radius 1 is 1.29 bits per heavy atom. The highest BCUT2D eigenvalue weighted by Gasteiger charge is 2.14. The summed E-state index contributed by atoms with van der Waals surface area (Å²) in [5.41, 5.74) is 5.30. The SMILES string of the molecule is C=C=CC(=O)N(C)C(=C)C=CC(=C)C(C)=C1C=CC(=O)C=C1OC. The third-order valence-electron chi connectivity index (χ3n) is 3.52. The molecule has 0 fully saturated rings. The molecule has 0 saturated carbocycles. The zero-order chi connectivity index (χ0) is 18.3. The number of carbonyl (C=O) groups is 2. The lowest BCUT2D eigenvalue weighted by Crippen LogP contribution is -2.22. The largest absolute Gasteiger partial charge is 0.496 e. The number of amides is 1. The van der Waals surface area contributed by atoms with Gasteiger partial charge in [-0.15, -0.1) is 5.73 Å². The van der Waals surface area contributed by atoms with Crippen LogP contribution >= 0.6 is 0 Å². The molecule has 1 rings (SSSR count). The van der Waals surface area contributed by atoms with Gasteiger partial charge >= 0.3 is 0 Å². The Kier molecular flexibility index (Phi) is 6.72. The maximum Gasteiger partial charge on any atom is 0.258 e. The van der Waals surface area contributed by atoms with E-state index in [1.165, 1.54) is 30.2 Å². The third-order valence-corrected chi connectivity index (χ3v) is 3.52. The summed E-state index contributed by atoms with van der Waals surface area (Å²) in [7, 11) is 3.12. The molecule has 0 saturated heterocycles. The van der Waals surface area contributed by atoms with Gasteiger partial charge in [-0.05, 0) is 36.3 Å². The van der Waals surface area contributed by atoms with Gasteiger partial charge in [0, 0.05) is 30.5 Å². The van der Waals surface area contributed by atoms with Crippen molar-refractivity contribution in [3.05, 3.63) is 90.1 Å². The van der Waals surface area contributed by atoms with Crippen molar-refractivity contribution < 1.29 is 14.3 Å². The standard InChI is InChI=1S/C20H21NO3/c1-7-8-20(23)21(5)15(3)10-9-14(2)16(4)18-12-11-17(22)13-19(18)24-6/h8-13H,1-3H2,4-6H3. The molecule has 0 aliphatic heterocycles. The fraction of sp³-hybridized carbons (Fsp3) is 0.150. The van der Waals surface area contributed by atoms with Gasteiger partial charge in [-0.1, -0.05) is 25.8 Å². The number of hydrogen-bond acceptors (Lipinski definition) is 3. The van der Waals surface area contributed by atoms with Crippen LogP contribution in [-0.4, -0.2) is 30.7 Å². The average molecular weight is 323 g/mol. The Hall–Kier alpha value is -3.10. The highest BCUT2D eigenvalue weighted by molar-refractivity contribution is 6.02. The molecule has 0 N–H and O–H groups in total. The van der Waals surface area contributed by atoms with Crippen molar-refractivity contribution in [1.82, 2.24) is 4.90 Å². The first-order chi connectivity index (χ1) is 11.3. The first-order valence-electron chi connectivity index (χ1n) is 7.20. The summed E-state index contributed by atoms with van der Waals surface area (Å²) in [5.74, 6) is 0.115. The van der Waals surface area contributed by atoms with Gasteiger partial charge in [0.05, 0.1) is 7.11 Å². The molecule has 0 aromatic heterocycles. The molecule has 0 heterocycles. The number of carbonyl (C=O) groups excluding carboxylic acids is 2. The van der Waals surface area contributed by atoms with Crippen LogP contribution in [0.5, 0.6) is 0 Å². The summed E-state index contributed by atoms with van der Waals surface area (Å²) < 4.78 is 5.25. The van der Waals surface area contributed by atoms with E-state index in [1.807, 2.05) is 6.92 Å². The van der Waals surface area contributed by atoms with E-state index in [4.69, 9.17) is 4.74 Å². The number of nitrogens with zero attached hydrogens (tertiary/aromatic N) is 1. The zero-order valence-corrected chi connectivity index (χ0v) is 14.3. The number of hydrogen-bond donors (Lipinski definition) is 0. The average Bonchev–Trinajstić information content (AvgIpc) is 2.57. The summed E-state index contributed by atoms with van der Waals surface area (Å²) in [6.07, 6.45) is 9.29.